The van der Waals surface area contributed by atoms with Crippen LogP contribution in [0.15, 0.2) is 0 Å². The molecular formula is C53H102O6. The van der Waals surface area contributed by atoms with Gasteiger partial charge in [-0.25, -0.2) is 0 Å². The summed E-state index contributed by atoms with van der Waals surface area (Å²) in [5, 5.41) is 0. The largest absolute Gasteiger partial charge is 0.462 e. The fourth-order valence-corrected chi connectivity index (χ4v) is 8.04. The number of hydrogen-bond acceptors (Lipinski definition) is 6. The Balaban J connectivity index is 4.26. The summed E-state index contributed by atoms with van der Waals surface area (Å²) in [7, 11) is 0. The second-order valence-corrected chi connectivity index (χ2v) is 18.6. The van der Waals surface area contributed by atoms with Crippen molar-refractivity contribution in [1.82, 2.24) is 0 Å². The molecule has 0 saturated heterocycles. The van der Waals surface area contributed by atoms with Crippen molar-refractivity contribution in [2.75, 3.05) is 13.2 Å². The maximum absolute atomic E-state index is 12.8. The van der Waals surface area contributed by atoms with Crippen LogP contribution in [0.5, 0.6) is 0 Å². The molecule has 0 N–H and O–H groups in total. The van der Waals surface area contributed by atoms with Crippen molar-refractivity contribution in [1.29, 1.82) is 0 Å². The van der Waals surface area contributed by atoms with Gasteiger partial charge in [0.1, 0.15) is 13.2 Å². The molecule has 0 bridgehead atoms. The average Bonchev–Trinajstić information content (AvgIpc) is 3.22. The van der Waals surface area contributed by atoms with Gasteiger partial charge in [-0.05, 0) is 25.2 Å². The summed E-state index contributed by atoms with van der Waals surface area (Å²) in [6, 6.07) is 0. The molecule has 0 heterocycles. The topological polar surface area (TPSA) is 78.9 Å². The molecule has 0 fully saturated rings. The van der Waals surface area contributed by atoms with Gasteiger partial charge >= 0.3 is 17.9 Å². The van der Waals surface area contributed by atoms with E-state index < -0.39 is 6.10 Å². The fourth-order valence-electron chi connectivity index (χ4n) is 8.04. The van der Waals surface area contributed by atoms with E-state index in [1.807, 2.05) is 0 Å². The van der Waals surface area contributed by atoms with Crippen molar-refractivity contribution in [3.05, 3.63) is 0 Å². The third kappa shape index (κ3) is 47.3. The van der Waals surface area contributed by atoms with Crippen LogP contribution in [-0.2, 0) is 28.6 Å². The highest BCUT2D eigenvalue weighted by atomic mass is 16.6. The zero-order chi connectivity index (χ0) is 43.1. The molecule has 0 rings (SSSR count). The lowest BCUT2D eigenvalue weighted by molar-refractivity contribution is -0.167. The summed E-state index contributed by atoms with van der Waals surface area (Å²) in [4.78, 5) is 37.9. The van der Waals surface area contributed by atoms with Crippen molar-refractivity contribution in [3.63, 3.8) is 0 Å². The summed E-state index contributed by atoms with van der Waals surface area (Å²) in [5.74, 6) is -0.0199. The quantitative estimate of drug-likeness (QED) is 0.0345. The first-order valence-electron chi connectivity index (χ1n) is 26.4. The van der Waals surface area contributed by atoms with Gasteiger partial charge in [-0.3, -0.25) is 14.4 Å². The Hall–Kier alpha value is -1.59. The Morgan fingerprint density at radius 3 is 0.831 bits per heavy atom. The molecule has 0 aliphatic heterocycles. The van der Waals surface area contributed by atoms with Gasteiger partial charge in [0.2, 0.25) is 0 Å². The van der Waals surface area contributed by atoms with Gasteiger partial charge in [-0.1, -0.05) is 259 Å². The van der Waals surface area contributed by atoms with Crippen LogP contribution in [-0.4, -0.2) is 37.2 Å². The monoisotopic (exact) mass is 835 g/mol. The Kier molecular flexibility index (Phi) is 46.2. The van der Waals surface area contributed by atoms with Crippen LogP contribution < -0.4 is 0 Å². The summed E-state index contributed by atoms with van der Waals surface area (Å²) < 4.78 is 16.8. The Bertz CT molecular complexity index is 887. The van der Waals surface area contributed by atoms with Crippen LogP contribution in [0.2, 0.25) is 0 Å². The lowest BCUT2D eigenvalue weighted by Crippen LogP contribution is -2.30. The first kappa shape index (κ1) is 57.4. The van der Waals surface area contributed by atoms with Crippen LogP contribution >= 0.6 is 0 Å². The van der Waals surface area contributed by atoms with Gasteiger partial charge in [0, 0.05) is 19.3 Å². The van der Waals surface area contributed by atoms with E-state index >= 15 is 0 Å². The number of carbonyl (C=O) groups excluding carboxylic acids is 3. The number of hydrogen-bond donors (Lipinski definition) is 0. The minimum Gasteiger partial charge on any atom is -0.462 e. The summed E-state index contributed by atoms with van der Waals surface area (Å²) in [6.07, 6.45) is 49.5. The molecule has 0 saturated carbocycles. The maximum atomic E-state index is 12.8. The van der Waals surface area contributed by atoms with Crippen LogP contribution in [0.3, 0.4) is 0 Å². The van der Waals surface area contributed by atoms with Gasteiger partial charge in [0.05, 0.1) is 0 Å². The molecule has 0 aromatic heterocycles. The highest BCUT2D eigenvalue weighted by molar-refractivity contribution is 5.71. The van der Waals surface area contributed by atoms with Gasteiger partial charge in [-0.15, -0.1) is 0 Å². The van der Waals surface area contributed by atoms with E-state index in [-0.39, 0.29) is 31.1 Å². The summed E-state index contributed by atoms with van der Waals surface area (Å²) in [6.45, 7) is 9.02. The van der Waals surface area contributed by atoms with Crippen molar-refractivity contribution >= 4 is 17.9 Å². The molecule has 1 atom stereocenters. The van der Waals surface area contributed by atoms with Crippen molar-refractivity contribution in [3.8, 4) is 0 Å². The van der Waals surface area contributed by atoms with E-state index in [4.69, 9.17) is 14.2 Å². The second kappa shape index (κ2) is 47.5. The molecule has 0 unspecified atom stereocenters. The highest BCUT2D eigenvalue weighted by Crippen LogP contribution is 2.17. The first-order chi connectivity index (χ1) is 28.9. The Morgan fingerprint density at radius 2 is 0.559 bits per heavy atom. The second-order valence-electron chi connectivity index (χ2n) is 18.6. The number of carbonyl (C=O) groups is 3. The molecule has 0 radical (unpaired) electrons. The Labute approximate surface area is 368 Å². The van der Waals surface area contributed by atoms with E-state index in [1.165, 1.54) is 193 Å². The molecule has 59 heavy (non-hydrogen) atoms. The van der Waals surface area contributed by atoms with Crippen LogP contribution in [0, 0.1) is 5.92 Å². The molecule has 6 nitrogen and oxygen atoms in total. The maximum Gasteiger partial charge on any atom is 0.306 e. The molecule has 0 aliphatic carbocycles. The van der Waals surface area contributed by atoms with E-state index in [0.29, 0.717) is 19.3 Å². The van der Waals surface area contributed by atoms with Crippen molar-refractivity contribution < 1.29 is 28.6 Å². The predicted molar refractivity (Wildman–Crippen MR) is 252 cm³/mol. The molecule has 350 valence electrons. The summed E-state index contributed by atoms with van der Waals surface area (Å²) in [5.41, 5.74) is 0. The third-order valence-corrected chi connectivity index (χ3v) is 12.0. The van der Waals surface area contributed by atoms with Crippen LogP contribution in [0.4, 0.5) is 0 Å². The number of esters is 3. The van der Waals surface area contributed by atoms with E-state index in [2.05, 4.69) is 27.7 Å². The minimum absolute atomic E-state index is 0.0627. The fraction of sp³-hybridized carbons (Fsp3) is 0.943. The number of rotatable bonds is 48. The lowest BCUT2D eigenvalue weighted by Gasteiger charge is -2.18. The van der Waals surface area contributed by atoms with Crippen LogP contribution in [0.1, 0.15) is 297 Å². The van der Waals surface area contributed by atoms with E-state index in [9.17, 15) is 14.4 Å². The van der Waals surface area contributed by atoms with Crippen molar-refractivity contribution in [2.45, 2.75) is 303 Å². The van der Waals surface area contributed by atoms with E-state index in [1.54, 1.807) is 0 Å². The zero-order valence-corrected chi connectivity index (χ0v) is 40.2. The smallest absolute Gasteiger partial charge is 0.306 e. The molecule has 0 amide bonds. The predicted octanol–water partition coefficient (Wildman–Crippen LogP) is 17.1. The van der Waals surface area contributed by atoms with Gasteiger partial charge in [0.15, 0.2) is 6.10 Å². The SMILES string of the molecule is CCCCCCCCCCCCCCCCCCCC(=O)OC[C@H](COC(=O)CCCCCCCCCCCC)OC(=O)CCCCCCCCCCCCCC(C)C. The molecule has 0 spiro atoms. The van der Waals surface area contributed by atoms with E-state index in [0.717, 1.165) is 63.7 Å². The highest BCUT2D eigenvalue weighted by Gasteiger charge is 2.19. The zero-order valence-electron chi connectivity index (χ0n) is 40.2. The molecule has 0 aromatic rings. The van der Waals surface area contributed by atoms with Gasteiger partial charge in [0.25, 0.3) is 0 Å². The summed E-state index contributed by atoms with van der Waals surface area (Å²) >= 11 is 0. The minimum atomic E-state index is -0.760. The normalized spacial score (nSPS) is 11.9. The van der Waals surface area contributed by atoms with Gasteiger partial charge < -0.3 is 14.2 Å². The van der Waals surface area contributed by atoms with Crippen LogP contribution in [0.25, 0.3) is 0 Å². The van der Waals surface area contributed by atoms with Crippen molar-refractivity contribution in [2.24, 2.45) is 5.92 Å². The molecule has 6 heteroatoms. The molecule has 0 aliphatic rings. The average molecular weight is 835 g/mol. The molecule has 0 aromatic carbocycles. The standard InChI is InChI=1S/C53H102O6/c1-5-7-9-11-13-15-17-18-19-20-21-22-25-29-33-37-41-45-52(55)58-48-50(47-57-51(54)44-40-36-32-28-16-14-12-10-8-6-2)59-53(56)46-42-38-34-30-26-23-24-27-31-35-39-43-49(3)4/h49-50H,5-48H2,1-4H3/t50-/m0/s1. The Morgan fingerprint density at radius 1 is 0.322 bits per heavy atom. The lowest BCUT2D eigenvalue weighted by atomic mass is 10.0. The third-order valence-electron chi connectivity index (χ3n) is 12.0. The first-order valence-corrected chi connectivity index (χ1v) is 26.4. The molecular weight excluding hydrogens is 733 g/mol. The van der Waals surface area contributed by atoms with Gasteiger partial charge in [-0.2, -0.15) is 0 Å². The number of unbranched alkanes of at least 4 members (excludes halogenated alkanes) is 35. The number of ether oxygens (including phenoxy) is 3.